The van der Waals surface area contributed by atoms with Crippen LogP contribution in [0.4, 0.5) is 5.82 Å². The maximum atomic E-state index is 5.61. The molecule has 1 aliphatic heterocycles. The Bertz CT molecular complexity index is 1130. The summed E-state index contributed by atoms with van der Waals surface area (Å²) in [5, 5.41) is 5.31. The summed E-state index contributed by atoms with van der Waals surface area (Å²) in [4.78, 5) is 19.6. The number of nitrogens with one attached hydrogen (secondary N) is 1. The smallest absolute Gasteiger partial charge is 0.163 e. The highest BCUT2D eigenvalue weighted by Crippen LogP contribution is 2.30. The van der Waals surface area contributed by atoms with Gasteiger partial charge in [0.1, 0.15) is 11.5 Å². The zero-order valence-corrected chi connectivity index (χ0v) is 15.8. The maximum Gasteiger partial charge on any atom is 0.163 e. The fourth-order valence-electron chi connectivity index (χ4n) is 3.68. The van der Waals surface area contributed by atoms with Gasteiger partial charge in [-0.15, -0.1) is 0 Å². The van der Waals surface area contributed by atoms with Crippen LogP contribution in [0.1, 0.15) is 6.92 Å². The molecule has 8 nitrogen and oxygen atoms in total. The molecule has 1 saturated heterocycles. The molecule has 8 heteroatoms. The highest BCUT2D eigenvalue weighted by molar-refractivity contribution is 5.91. The van der Waals surface area contributed by atoms with Gasteiger partial charge in [-0.25, -0.2) is 15.0 Å². The summed E-state index contributed by atoms with van der Waals surface area (Å²) in [5.41, 5.74) is 3.58. The fraction of sp³-hybridized carbons (Fsp3) is 0.300. The highest BCUT2D eigenvalue weighted by Gasteiger charge is 2.23. The monoisotopic (exact) mass is 375 g/mol. The molecule has 5 heterocycles. The van der Waals surface area contributed by atoms with Crippen LogP contribution in [0.15, 0.2) is 42.9 Å². The van der Waals surface area contributed by atoms with Gasteiger partial charge < -0.3 is 14.6 Å². The third-order valence-corrected chi connectivity index (χ3v) is 5.16. The molecule has 5 rings (SSSR count). The summed E-state index contributed by atoms with van der Waals surface area (Å²) in [6.45, 7) is 4.35. The Hall–Kier alpha value is -3.26. The molecule has 28 heavy (non-hydrogen) atoms. The van der Waals surface area contributed by atoms with Crippen molar-refractivity contribution < 1.29 is 4.74 Å². The average molecular weight is 375 g/mol. The van der Waals surface area contributed by atoms with Gasteiger partial charge in [0.25, 0.3) is 0 Å². The van der Waals surface area contributed by atoms with Crippen LogP contribution in [0, 0.1) is 0 Å². The van der Waals surface area contributed by atoms with Gasteiger partial charge in [-0.05, 0) is 25.1 Å². The number of hydrogen-bond donors (Lipinski definition) is 1. The van der Waals surface area contributed by atoms with E-state index < -0.39 is 0 Å². The Labute approximate surface area is 162 Å². The lowest BCUT2D eigenvalue weighted by Gasteiger charge is -2.34. The van der Waals surface area contributed by atoms with Gasteiger partial charge in [0.15, 0.2) is 5.82 Å². The number of rotatable bonds is 3. The number of H-pyrrole nitrogens is 1. The lowest BCUT2D eigenvalue weighted by atomic mass is 10.1. The van der Waals surface area contributed by atoms with E-state index in [9.17, 15) is 0 Å². The zero-order valence-electron chi connectivity index (χ0n) is 15.8. The van der Waals surface area contributed by atoms with E-state index in [1.54, 1.807) is 12.4 Å². The minimum absolute atomic E-state index is 0.251. The van der Waals surface area contributed by atoms with Crippen LogP contribution < -0.4 is 4.90 Å². The molecule has 0 amide bonds. The van der Waals surface area contributed by atoms with Crippen LogP contribution in [-0.4, -0.2) is 55.5 Å². The first-order valence-electron chi connectivity index (χ1n) is 9.35. The lowest BCUT2D eigenvalue weighted by molar-refractivity contribution is 0.0985. The van der Waals surface area contributed by atoms with Crippen molar-refractivity contribution in [2.45, 2.75) is 13.0 Å². The van der Waals surface area contributed by atoms with E-state index >= 15 is 0 Å². The second kappa shape index (κ2) is 6.72. The van der Waals surface area contributed by atoms with Crippen molar-refractivity contribution in [3.05, 3.63) is 42.9 Å². The Morgan fingerprint density at radius 2 is 2.11 bits per heavy atom. The first-order chi connectivity index (χ1) is 13.7. The Kier molecular flexibility index (Phi) is 4.05. The van der Waals surface area contributed by atoms with Crippen molar-refractivity contribution in [3.63, 3.8) is 0 Å². The van der Waals surface area contributed by atoms with E-state index in [1.807, 2.05) is 42.2 Å². The van der Waals surface area contributed by atoms with Crippen LogP contribution in [0.25, 0.3) is 33.8 Å². The number of ether oxygens (including phenoxy) is 1. The molecule has 4 aromatic rings. The number of aromatic amines is 1. The number of anilines is 1. The van der Waals surface area contributed by atoms with Gasteiger partial charge in [-0.3, -0.25) is 4.68 Å². The molecule has 142 valence electrons. The summed E-state index contributed by atoms with van der Waals surface area (Å²) in [6.07, 6.45) is 5.45. The maximum absolute atomic E-state index is 5.61. The molecule has 1 fully saturated rings. The van der Waals surface area contributed by atoms with Crippen molar-refractivity contribution in [2.75, 3.05) is 24.7 Å². The minimum atomic E-state index is 0.251. The predicted molar refractivity (Wildman–Crippen MR) is 107 cm³/mol. The SMILES string of the molecule is C[C@@H]1COCCN1c1cc(-c2ccnn2C)nc(-c2ccnc3[nH]ccc23)n1. The van der Waals surface area contributed by atoms with Crippen LogP contribution in [0.3, 0.4) is 0 Å². The number of fused-ring (bicyclic) bond motifs is 1. The van der Waals surface area contributed by atoms with E-state index in [1.165, 1.54) is 0 Å². The summed E-state index contributed by atoms with van der Waals surface area (Å²) >= 11 is 0. The quantitative estimate of drug-likeness (QED) is 0.593. The van der Waals surface area contributed by atoms with Gasteiger partial charge in [0, 0.05) is 49.2 Å². The van der Waals surface area contributed by atoms with E-state index in [4.69, 9.17) is 14.7 Å². The van der Waals surface area contributed by atoms with Crippen molar-refractivity contribution in [2.24, 2.45) is 7.05 Å². The van der Waals surface area contributed by atoms with Gasteiger partial charge in [-0.2, -0.15) is 5.10 Å². The molecule has 1 aliphatic rings. The molecule has 4 aromatic heterocycles. The van der Waals surface area contributed by atoms with E-state index in [0.29, 0.717) is 19.0 Å². The van der Waals surface area contributed by atoms with Crippen molar-refractivity contribution in [1.82, 2.24) is 29.7 Å². The van der Waals surface area contributed by atoms with E-state index in [2.05, 4.69) is 26.9 Å². The van der Waals surface area contributed by atoms with Crippen molar-refractivity contribution >= 4 is 16.9 Å². The standard InChI is InChI=1S/C20H21N7O/c1-13-12-28-10-9-27(13)18-11-16(17-5-8-23-26(17)2)24-20(25-18)15-4-7-22-19-14(15)3-6-21-19/h3-8,11,13H,9-10,12H2,1-2H3,(H,21,22)/t13-/m1/s1. The molecule has 0 aromatic carbocycles. The summed E-state index contributed by atoms with van der Waals surface area (Å²) in [5.74, 6) is 1.58. The van der Waals surface area contributed by atoms with Crippen LogP contribution in [-0.2, 0) is 11.8 Å². The third-order valence-electron chi connectivity index (χ3n) is 5.16. The van der Waals surface area contributed by atoms with Gasteiger partial charge in [-0.1, -0.05) is 0 Å². The molecule has 0 unspecified atom stereocenters. The second-order valence-corrected chi connectivity index (χ2v) is 6.99. The first-order valence-corrected chi connectivity index (χ1v) is 9.35. The number of nitrogens with zero attached hydrogens (tertiary/aromatic N) is 6. The van der Waals surface area contributed by atoms with E-state index in [-0.39, 0.29) is 6.04 Å². The summed E-state index contributed by atoms with van der Waals surface area (Å²) < 4.78 is 7.44. The number of hydrogen-bond acceptors (Lipinski definition) is 6. The molecule has 0 aliphatic carbocycles. The molecule has 0 radical (unpaired) electrons. The van der Waals surface area contributed by atoms with E-state index in [0.717, 1.165) is 40.3 Å². The number of morpholine rings is 1. The minimum Gasteiger partial charge on any atom is -0.377 e. The summed E-state index contributed by atoms with van der Waals surface area (Å²) in [7, 11) is 1.92. The molecule has 0 saturated carbocycles. The molecule has 1 atom stereocenters. The normalized spacial score (nSPS) is 17.4. The van der Waals surface area contributed by atoms with Crippen LogP contribution in [0.2, 0.25) is 0 Å². The zero-order chi connectivity index (χ0) is 19.1. The molecule has 0 spiro atoms. The van der Waals surface area contributed by atoms with Crippen molar-refractivity contribution in [1.29, 1.82) is 0 Å². The third kappa shape index (κ3) is 2.82. The van der Waals surface area contributed by atoms with Crippen LogP contribution in [0.5, 0.6) is 0 Å². The topological polar surface area (TPSA) is 84.8 Å². The fourth-order valence-corrected chi connectivity index (χ4v) is 3.68. The molecule has 0 bridgehead atoms. The lowest BCUT2D eigenvalue weighted by Crippen LogP contribution is -2.44. The predicted octanol–water partition coefficient (Wildman–Crippen LogP) is 2.65. The first kappa shape index (κ1) is 16.9. The largest absolute Gasteiger partial charge is 0.377 e. The summed E-state index contributed by atoms with van der Waals surface area (Å²) in [6, 6.07) is 8.23. The van der Waals surface area contributed by atoms with Gasteiger partial charge in [0.2, 0.25) is 0 Å². The van der Waals surface area contributed by atoms with Gasteiger partial charge in [0.05, 0.1) is 30.6 Å². The van der Waals surface area contributed by atoms with Crippen LogP contribution >= 0.6 is 0 Å². The number of pyridine rings is 1. The highest BCUT2D eigenvalue weighted by atomic mass is 16.5. The van der Waals surface area contributed by atoms with Gasteiger partial charge >= 0.3 is 0 Å². The average Bonchev–Trinajstić information content (AvgIpc) is 3.36. The second-order valence-electron chi connectivity index (χ2n) is 6.99. The number of aromatic nitrogens is 6. The Balaban J connectivity index is 1.71. The molecular formula is C20H21N7O. The Morgan fingerprint density at radius 3 is 2.93 bits per heavy atom. The molecular weight excluding hydrogens is 354 g/mol. The van der Waals surface area contributed by atoms with Crippen molar-refractivity contribution in [3.8, 4) is 22.8 Å². The Morgan fingerprint density at radius 1 is 1.18 bits per heavy atom. The number of aryl methyl sites for hydroxylation is 1. The molecule has 1 N–H and O–H groups in total.